The highest BCUT2D eigenvalue weighted by atomic mass is 16.5. The molecule has 0 aromatic carbocycles. The van der Waals surface area contributed by atoms with Crippen LogP contribution >= 0.6 is 0 Å². The number of aliphatic hydroxyl groups excluding tert-OH is 1. The Hall–Kier alpha value is -0.120. The second kappa shape index (κ2) is 6.88. The van der Waals surface area contributed by atoms with Crippen LogP contribution in [-0.4, -0.2) is 36.5 Å². The van der Waals surface area contributed by atoms with E-state index in [4.69, 9.17) is 4.74 Å². The molecule has 2 N–H and O–H groups in total. The third-order valence-electron chi connectivity index (χ3n) is 4.59. The van der Waals surface area contributed by atoms with Gasteiger partial charge in [0.05, 0.1) is 18.8 Å². The molecule has 2 rings (SSSR count). The van der Waals surface area contributed by atoms with Crippen molar-refractivity contribution in [3.63, 3.8) is 0 Å². The molecule has 2 aliphatic carbocycles. The topological polar surface area (TPSA) is 41.5 Å². The van der Waals surface area contributed by atoms with Crippen molar-refractivity contribution in [2.24, 2.45) is 11.8 Å². The van der Waals surface area contributed by atoms with Gasteiger partial charge in [-0.15, -0.1) is 0 Å². The number of aliphatic hydroxyl groups is 1. The monoisotopic (exact) mass is 255 g/mol. The van der Waals surface area contributed by atoms with Crippen molar-refractivity contribution in [3.05, 3.63) is 0 Å². The second-order valence-corrected chi connectivity index (χ2v) is 6.21. The van der Waals surface area contributed by atoms with Gasteiger partial charge >= 0.3 is 0 Å². The summed E-state index contributed by atoms with van der Waals surface area (Å²) in [6.45, 7) is 5.67. The Morgan fingerprint density at radius 3 is 2.72 bits per heavy atom. The maximum absolute atomic E-state index is 9.91. The van der Waals surface area contributed by atoms with Crippen LogP contribution < -0.4 is 5.32 Å². The molecule has 0 heterocycles. The van der Waals surface area contributed by atoms with Crippen molar-refractivity contribution in [1.82, 2.24) is 5.32 Å². The predicted molar refractivity (Wildman–Crippen MR) is 73.6 cm³/mol. The molecular weight excluding hydrogens is 226 g/mol. The highest BCUT2D eigenvalue weighted by Gasteiger charge is 2.32. The number of hydrogen-bond donors (Lipinski definition) is 2. The van der Waals surface area contributed by atoms with E-state index in [0.29, 0.717) is 31.2 Å². The van der Waals surface area contributed by atoms with Crippen molar-refractivity contribution in [2.45, 2.75) is 70.6 Å². The third kappa shape index (κ3) is 4.22. The molecule has 0 spiro atoms. The lowest BCUT2D eigenvalue weighted by molar-refractivity contribution is -0.0499. The highest BCUT2D eigenvalue weighted by molar-refractivity contribution is 4.90. The summed E-state index contributed by atoms with van der Waals surface area (Å²) in [4.78, 5) is 0. The average Bonchev–Trinajstić information content (AvgIpc) is 3.10. The minimum Gasteiger partial charge on any atom is -0.389 e. The van der Waals surface area contributed by atoms with Crippen LogP contribution in [0.25, 0.3) is 0 Å². The lowest BCUT2D eigenvalue weighted by atomic mass is 9.85. The van der Waals surface area contributed by atoms with E-state index >= 15 is 0 Å². The number of ether oxygens (including phenoxy) is 1. The number of nitrogens with one attached hydrogen (secondary N) is 1. The van der Waals surface area contributed by atoms with Crippen LogP contribution in [0.4, 0.5) is 0 Å². The first-order valence-corrected chi connectivity index (χ1v) is 7.73. The molecule has 3 heteroatoms. The summed E-state index contributed by atoms with van der Waals surface area (Å²) in [6, 6.07) is 0.637. The maximum atomic E-state index is 9.91. The predicted octanol–water partition coefficient (Wildman–Crippen LogP) is 2.33. The van der Waals surface area contributed by atoms with Gasteiger partial charge in [0.2, 0.25) is 0 Å². The molecule has 0 saturated heterocycles. The molecule has 2 aliphatic rings. The normalized spacial score (nSPS) is 37.5. The van der Waals surface area contributed by atoms with E-state index in [0.717, 1.165) is 5.92 Å². The Labute approximate surface area is 111 Å². The SMILES string of the molecule is CCC1CCCCC1OCC(O)CNC1CC1C. The first-order chi connectivity index (χ1) is 8.70. The Bertz CT molecular complexity index is 247. The molecule has 5 unspecified atom stereocenters. The van der Waals surface area contributed by atoms with Crippen LogP contribution in [0, 0.1) is 11.8 Å². The maximum Gasteiger partial charge on any atom is 0.0897 e. The highest BCUT2D eigenvalue weighted by Crippen LogP contribution is 2.30. The van der Waals surface area contributed by atoms with Crippen molar-refractivity contribution < 1.29 is 9.84 Å². The van der Waals surface area contributed by atoms with Crippen LogP contribution in [0.3, 0.4) is 0 Å². The summed E-state index contributed by atoms with van der Waals surface area (Å²) >= 11 is 0. The van der Waals surface area contributed by atoms with E-state index in [1.54, 1.807) is 0 Å². The smallest absolute Gasteiger partial charge is 0.0897 e. The second-order valence-electron chi connectivity index (χ2n) is 6.21. The van der Waals surface area contributed by atoms with Crippen molar-refractivity contribution in [3.8, 4) is 0 Å². The van der Waals surface area contributed by atoms with Crippen LogP contribution in [0.2, 0.25) is 0 Å². The molecule has 3 nitrogen and oxygen atoms in total. The van der Waals surface area contributed by atoms with Gasteiger partial charge in [0.25, 0.3) is 0 Å². The molecule has 5 atom stereocenters. The average molecular weight is 255 g/mol. The van der Waals surface area contributed by atoms with E-state index in [9.17, 15) is 5.11 Å². The van der Waals surface area contributed by atoms with Crippen LogP contribution in [0.1, 0.15) is 52.4 Å². The van der Waals surface area contributed by atoms with Gasteiger partial charge < -0.3 is 15.2 Å². The van der Waals surface area contributed by atoms with Gasteiger partial charge in [0.15, 0.2) is 0 Å². The van der Waals surface area contributed by atoms with Crippen LogP contribution in [0.15, 0.2) is 0 Å². The van der Waals surface area contributed by atoms with E-state index in [-0.39, 0.29) is 6.10 Å². The quantitative estimate of drug-likeness (QED) is 0.733. The fourth-order valence-electron chi connectivity index (χ4n) is 3.05. The number of rotatable bonds is 7. The fraction of sp³-hybridized carbons (Fsp3) is 1.00. The Morgan fingerprint density at radius 1 is 1.33 bits per heavy atom. The fourth-order valence-corrected chi connectivity index (χ4v) is 3.05. The van der Waals surface area contributed by atoms with Crippen LogP contribution in [-0.2, 0) is 4.74 Å². The van der Waals surface area contributed by atoms with Crippen molar-refractivity contribution >= 4 is 0 Å². The largest absolute Gasteiger partial charge is 0.389 e. The van der Waals surface area contributed by atoms with Gasteiger partial charge in [0.1, 0.15) is 0 Å². The Kier molecular flexibility index (Phi) is 5.46. The van der Waals surface area contributed by atoms with E-state index in [1.807, 2.05) is 0 Å². The minimum atomic E-state index is -0.350. The summed E-state index contributed by atoms with van der Waals surface area (Å²) in [6.07, 6.45) is 7.62. The molecule has 106 valence electrons. The number of hydrogen-bond acceptors (Lipinski definition) is 3. The van der Waals surface area contributed by atoms with Gasteiger partial charge in [-0.3, -0.25) is 0 Å². The van der Waals surface area contributed by atoms with Gasteiger partial charge in [-0.2, -0.15) is 0 Å². The molecular formula is C15H29NO2. The lowest BCUT2D eigenvalue weighted by Gasteiger charge is -2.31. The zero-order chi connectivity index (χ0) is 13.0. The van der Waals surface area contributed by atoms with Crippen molar-refractivity contribution in [1.29, 1.82) is 0 Å². The van der Waals surface area contributed by atoms with Gasteiger partial charge in [-0.05, 0) is 31.1 Å². The van der Waals surface area contributed by atoms with Gasteiger partial charge in [-0.1, -0.05) is 33.1 Å². The molecule has 0 bridgehead atoms. The molecule has 0 aromatic heterocycles. The van der Waals surface area contributed by atoms with Gasteiger partial charge in [-0.25, -0.2) is 0 Å². The third-order valence-corrected chi connectivity index (χ3v) is 4.59. The zero-order valence-corrected chi connectivity index (χ0v) is 11.9. The Balaban J connectivity index is 1.60. The standard InChI is InChI=1S/C15H29NO2/c1-3-12-6-4-5-7-15(12)18-10-13(17)9-16-14-8-11(14)2/h11-17H,3-10H2,1-2H3. The Morgan fingerprint density at radius 2 is 2.06 bits per heavy atom. The molecule has 0 radical (unpaired) electrons. The molecule has 2 saturated carbocycles. The van der Waals surface area contributed by atoms with Crippen molar-refractivity contribution in [2.75, 3.05) is 13.2 Å². The molecule has 18 heavy (non-hydrogen) atoms. The minimum absolute atomic E-state index is 0.350. The summed E-state index contributed by atoms with van der Waals surface area (Å²) < 4.78 is 5.94. The molecule has 0 aromatic rings. The van der Waals surface area contributed by atoms with Crippen LogP contribution in [0.5, 0.6) is 0 Å². The first-order valence-electron chi connectivity index (χ1n) is 7.73. The van der Waals surface area contributed by atoms with E-state index < -0.39 is 0 Å². The van der Waals surface area contributed by atoms with E-state index in [2.05, 4.69) is 19.2 Å². The molecule has 0 amide bonds. The summed E-state index contributed by atoms with van der Waals surface area (Å²) in [5.41, 5.74) is 0. The molecule has 2 fully saturated rings. The van der Waals surface area contributed by atoms with Gasteiger partial charge in [0, 0.05) is 12.6 Å². The summed E-state index contributed by atoms with van der Waals surface area (Å²) in [7, 11) is 0. The lowest BCUT2D eigenvalue weighted by Crippen LogP contribution is -2.36. The zero-order valence-electron chi connectivity index (χ0n) is 11.9. The van der Waals surface area contributed by atoms with E-state index in [1.165, 1.54) is 38.5 Å². The molecule has 0 aliphatic heterocycles. The first kappa shape index (κ1) is 14.3. The summed E-state index contributed by atoms with van der Waals surface area (Å²) in [5.74, 6) is 1.50. The summed E-state index contributed by atoms with van der Waals surface area (Å²) in [5, 5.41) is 13.3.